The quantitative estimate of drug-likeness (QED) is 0.766. The number of nitrogens with one attached hydrogen (secondary N) is 1. The van der Waals surface area contributed by atoms with E-state index in [0.29, 0.717) is 13.0 Å². The Morgan fingerprint density at radius 3 is 2.48 bits per heavy atom. The van der Waals surface area contributed by atoms with Crippen LogP contribution in [-0.4, -0.2) is 78.4 Å². The van der Waals surface area contributed by atoms with Crippen molar-refractivity contribution in [1.82, 2.24) is 15.1 Å². The molecule has 7 nitrogen and oxygen atoms in total. The van der Waals surface area contributed by atoms with E-state index >= 15 is 0 Å². The van der Waals surface area contributed by atoms with E-state index < -0.39 is 11.7 Å². The molecule has 0 radical (unpaired) electrons. The molecule has 1 aliphatic heterocycles. The van der Waals surface area contributed by atoms with Gasteiger partial charge >= 0.3 is 6.09 Å². The molecule has 0 aliphatic carbocycles. The molecule has 0 aromatic rings. The molecule has 0 spiro atoms. The normalized spacial score (nSPS) is 22.5. The molecule has 2 N–H and O–H groups in total. The van der Waals surface area contributed by atoms with Crippen molar-refractivity contribution in [3.8, 4) is 0 Å². The Hall–Kier alpha value is -1.34. The van der Waals surface area contributed by atoms with Crippen LogP contribution in [0, 0.1) is 0 Å². The number of likely N-dealkylation sites (tertiary alicyclic amines) is 1. The number of ether oxygens (including phenoxy) is 1. The van der Waals surface area contributed by atoms with E-state index in [2.05, 4.69) is 5.32 Å². The lowest BCUT2D eigenvalue weighted by Crippen LogP contribution is -2.44. The summed E-state index contributed by atoms with van der Waals surface area (Å²) in [5.41, 5.74) is -0.556. The van der Waals surface area contributed by atoms with Gasteiger partial charge in [0.05, 0.1) is 25.2 Å². The van der Waals surface area contributed by atoms with E-state index in [4.69, 9.17) is 4.74 Å². The van der Waals surface area contributed by atoms with Gasteiger partial charge in [0.2, 0.25) is 5.91 Å². The molecule has 0 saturated carbocycles. The number of hydrogen-bond acceptors (Lipinski definition) is 5. The predicted molar refractivity (Wildman–Crippen MR) is 78.9 cm³/mol. The minimum absolute atomic E-state index is 0.0486. The minimum Gasteiger partial charge on any atom is -0.444 e. The fourth-order valence-corrected chi connectivity index (χ4v) is 2.34. The van der Waals surface area contributed by atoms with Crippen molar-refractivity contribution in [3.63, 3.8) is 0 Å². The third-order valence-electron chi connectivity index (χ3n) is 3.12. The highest BCUT2D eigenvalue weighted by atomic mass is 16.6. The second kappa shape index (κ2) is 7.09. The molecule has 7 heteroatoms. The molecular formula is C14H27N3O4. The van der Waals surface area contributed by atoms with Crippen molar-refractivity contribution in [2.75, 3.05) is 33.8 Å². The summed E-state index contributed by atoms with van der Waals surface area (Å²) in [5.74, 6) is -0.0486. The Kier molecular flexibility index (Phi) is 5.98. The maximum atomic E-state index is 12.1. The molecular weight excluding hydrogens is 274 g/mol. The van der Waals surface area contributed by atoms with Crippen molar-refractivity contribution in [2.24, 2.45) is 0 Å². The SMILES string of the molecule is CN(C)CC(=O)N1C[C@H](NC(=O)OC(C)(C)C)C[C@H]1CO. The molecule has 1 rings (SSSR count). The molecule has 2 atom stereocenters. The second-order valence-corrected chi connectivity index (χ2v) is 6.70. The van der Waals surface area contributed by atoms with Gasteiger partial charge < -0.3 is 25.0 Å². The van der Waals surface area contributed by atoms with Crippen LogP contribution < -0.4 is 5.32 Å². The van der Waals surface area contributed by atoms with Gasteiger partial charge in [-0.05, 0) is 41.3 Å². The molecule has 122 valence electrons. The van der Waals surface area contributed by atoms with E-state index in [1.54, 1.807) is 30.6 Å². The topological polar surface area (TPSA) is 82.1 Å². The van der Waals surface area contributed by atoms with Crippen molar-refractivity contribution in [2.45, 2.75) is 44.9 Å². The monoisotopic (exact) mass is 301 g/mol. The number of carbonyl (C=O) groups is 2. The Morgan fingerprint density at radius 1 is 1.38 bits per heavy atom. The van der Waals surface area contributed by atoms with Gasteiger partial charge in [0.25, 0.3) is 0 Å². The number of rotatable bonds is 4. The third-order valence-corrected chi connectivity index (χ3v) is 3.12. The van der Waals surface area contributed by atoms with Gasteiger partial charge in [-0.1, -0.05) is 0 Å². The number of aliphatic hydroxyl groups is 1. The zero-order valence-electron chi connectivity index (χ0n) is 13.5. The average Bonchev–Trinajstić information content (AvgIpc) is 2.68. The number of amides is 2. The number of hydrogen-bond donors (Lipinski definition) is 2. The highest BCUT2D eigenvalue weighted by Crippen LogP contribution is 2.18. The largest absolute Gasteiger partial charge is 0.444 e. The number of likely N-dealkylation sites (N-methyl/N-ethyl adjacent to an activating group) is 1. The Morgan fingerprint density at radius 2 is 2.00 bits per heavy atom. The first kappa shape index (κ1) is 17.7. The van der Waals surface area contributed by atoms with Crippen LogP contribution in [0.3, 0.4) is 0 Å². The lowest BCUT2D eigenvalue weighted by atomic mass is 10.2. The highest BCUT2D eigenvalue weighted by Gasteiger charge is 2.36. The zero-order valence-corrected chi connectivity index (χ0v) is 13.5. The van der Waals surface area contributed by atoms with E-state index in [1.165, 1.54) is 0 Å². The lowest BCUT2D eigenvalue weighted by Gasteiger charge is -2.24. The standard InChI is InChI=1S/C14H27N3O4/c1-14(2,3)21-13(20)15-10-6-11(9-18)17(7-10)12(19)8-16(4)5/h10-11,18H,6-9H2,1-5H3,(H,15,20)/t10-,11+/m1/s1. The molecule has 0 bridgehead atoms. The fraction of sp³-hybridized carbons (Fsp3) is 0.857. The fourth-order valence-electron chi connectivity index (χ4n) is 2.34. The smallest absolute Gasteiger partial charge is 0.407 e. The summed E-state index contributed by atoms with van der Waals surface area (Å²) in [5, 5.41) is 12.2. The Labute approximate surface area is 126 Å². The van der Waals surface area contributed by atoms with Crippen LogP contribution in [0.15, 0.2) is 0 Å². The van der Waals surface area contributed by atoms with Gasteiger partial charge in [-0.25, -0.2) is 4.79 Å². The van der Waals surface area contributed by atoms with Gasteiger partial charge in [0.15, 0.2) is 0 Å². The highest BCUT2D eigenvalue weighted by molar-refractivity contribution is 5.79. The molecule has 2 amide bonds. The number of alkyl carbamates (subject to hydrolysis) is 1. The average molecular weight is 301 g/mol. The number of aliphatic hydroxyl groups excluding tert-OH is 1. The predicted octanol–water partition coefficient (Wildman–Crippen LogP) is 0.0345. The zero-order chi connectivity index (χ0) is 16.2. The van der Waals surface area contributed by atoms with Crippen LogP contribution in [0.4, 0.5) is 4.79 Å². The van der Waals surface area contributed by atoms with Crippen LogP contribution in [0.25, 0.3) is 0 Å². The summed E-state index contributed by atoms with van der Waals surface area (Å²) in [6, 6.07) is -0.444. The molecule has 1 fully saturated rings. The molecule has 1 aliphatic rings. The summed E-state index contributed by atoms with van der Waals surface area (Å²) in [6.45, 7) is 5.97. The molecule has 1 saturated heterocycles. The number of carbonyl (C=O) groups excluding carboxylic acids is 2. The van der Waals surface area contributed by atoms with Crippen LogP contribution >= 0.6 is 0 Å². The Balaban J connectivity index is 2.57. The molecule has 0 aromatic carbocycles. The first-order chi connectivity index (χ1) is 9.62. The Bertz CT molecular complexity index is 379. The van der Waals surface area contributed by atoms with Gasteiger partial charge in [0.1, 0.15) is 5.60 Å². The summed E-state index contributed by atoms with van der Waals surface area (Å²) >= 11 is 0. The van der Waals surface area contributed by atoms with Crippen molar-refractivity contribution in [3.05, 3.63) is 0 Å². The van der Waals surface area contributed by atoms with Crippen molar-refractivity contribution < 1.29 is 19.4 Å². The van der Waals surface area contributed by atoms with Crippen molar-refractivity contribution >= 4 is 12.0 Å². The van der Waals surface area contributed by atoms with Gasteiger partial charge in [-0.3, -0.25) is 4.79 Å². The third kappa shape index (κ3) is 5.89. The van der Waals surface area contributed by atoms with Crippen LogP contribution in [-0.2, 0) is 9.53 Å². The van der Waals surface area contributed by atoms with Crippen LogP contribution in [0.1, 0.15) is 27.2 Å². The van der Waals surface area contributed by atoms with E-state index in [0.717, 1.165) is 0 Å². The number of nitrogens with zero attached hydrogens (tertiary/aromatic N) is 2. The second-order valence-electron chi connectivity index (χ2n) is 6.70. The molecule has 1 heterocycles. The van der Waals surface area contributed by atoms with E-state index in [-0.39, 0.29) is 31.1 Å². The van der Waals surface area contributed by atoms with Crippen LogP contribution in [0.2, 0.25) is 0 Å². The van der Waals surface area contributed by atoms with E-state index in [1.807, 2.05) is 14.1 Å². The first-order valence-electron chi connectivity index (χ1n) is 7.17. The van der Waals surface area contributed by atoms with Gasteiger partial charge in [-0.2, -0.15) is 0 Å². The molecule has 21 heavy (non-hydrogen) atoms. The molecule has 0 aromatic heterocycles. The maximum Gasteiger partial charge on any atom is 0.407 e. The van der Waals surface area contributed by atoms with Crippen molar-refractivity contribution in [1.29, 1.82) is 0 Å². The van der Waals surface area contributed by atoms with Gasteiger partial charge in [-0.15, -0.1) is 0 Å². The van der Waals surface area contributed by atoms with E-state index in [9.17, 15) is 14.7 Å². The summed E-state index contributed by atoms with van der Waals surface area (Å²) in [6.07, 6.45) is 0.0423. The van der Waals surface area contributed by atoms with Gasteiger partial charge in [0, 0.05) is 6.54 Å². The first-order valence-corrected chi connectivity index (χ1v) is 7.17. The lowest BCUT2D eigenvalue weighted by molar-refractivity contribution is -0.133. The summed E-state index contributed by atoms with van der Waals surface area (Å²) in [7, 11) is 3.64. The summed E-state index contributed by atoms with van der Waals surface area (Å²) < 4.78 is 5.20. The maximum absolute atomic E-state index is 12.1. The minimum atomic E-state index is -0.556. The summed E-state index contributed by atoms with van der Waals surface area (Å²) in [4.78, 5) is 27.3. The molecule has 0 unspecified atom stereocenters. The van der Waals surface area contributed by atoms with Crippen LogP contribution in [0.5, 0.6) is 0 Å².